The third-order valence-electron chi connectivity index (χ3n) is 4.76. The number of rotatable bonds is 8. The fourth-order valence-corrected chi connectivity index (χ4v) is 3.07. The van der Waals surface area contributed by atoms with Gasteiger partial charge >= 0.3 is 5.97 Å². The Labute approximate surface area is 173 Å². The van der Waals surface area contributed by atoms with Gasteiger partial charge in [0.05, 0.1) is 12.2 Å². The number of hydrogen-bond acceptors (Lipinski definition) is 4. The van der Waals surface area contributed by atoms with Crippen LogP contribution in [0, 0.1) is 5.92 Å². The van der Waals surface area contributed by atoms with Crippen LogP contribution in [0.4, 0.5) is 0 Å². The summed E-state index contributed by atoms with van der Waals surface area (Å²) in [5.41, 5.74) is 2.83. The number of carbonyl (C=O) groups is 1. The highest BCUT2D eigenvalue weighted by molar-refractivity contribution is 6.33. The van der Waals surface area contributed by atoms with Gasteiger partial charge in [0.1, 0.15) is 12.4 Å². The van der Waals surface area contributed by atoms with E-state index in [0.29, 0.717) is 29.2 Å². The molecule has 5 nitrogen and oxygen atoms in total. The second-order valence-corrected chi connectivity index (χ2v) is 7.48. The van der Waals surface area contributed by atoms with Gasteiger partial charge in [-0.05, 0) is 60.7 Å². The van der Waals surface area contributed by atoms with Gasteiger partial charge in [0.15, 0.2) is 0 Å². The molecule has 1 heterocycles. The molecule has 0 bridgehead atoms. The maximum atomic E-state index is 10.9. The topological polar surface area (TPSA) is 68.7 Å². The summed E-state index contributed by atoms with van der Waals surface area (Å²) in [6.45, 7) is 1.05. The molecule has 6 heteroatoms. The molecule has 4 rings (SSSR count). The van der Waals surface area contributed by atoms with E-state index in [-0.39, 0.29) is 5.56 Å². The Kier molecular flexibility index (Phi) is 5.67. The molecule has 1 fully saturated rings. The zero-order valence-corrected chi connectivity index (χ0v) is 16.4. The van der Waals surface area contributed by atoms with Crippen LogP contribution >= 0.6 is 11.6 Å². The molecule has 2 aromatic carbocycles. The molecule has 0 atom stereocenters. The third-order valence-corrected chi connectivity index (χ3v) is 5.08. The molecule has 148 valence electrons. The van der Waals surface area contributed by atoms with Crippen LogP contribution in [0.25, 0.3) is 11.1 Å². The third kappa shape index (κ3) is 5.06. The van der Waals surface area contributed by atoms with Crippen molar-refractivity contribution in [2.24, 2.45) is 5.92 Å². The molecule has 1 aliphatic carbocycles. The highest BCUT2D eigenvalue weighted by Gasteiger charge is 2.22. The maximum absolute atomic E-state index is 10.9. The largest absolute Gasteiger partial charge is 0.489 e. The summed E-state index contributed by atoms with van der Waals surface area (Å²) in [6.07, 6.45) is 4.23. The minimum atomic E-state index is -0.947. The fraction of sp³-hybridized carbons (Fsp3) is 0.217. The van der Waals surface area contributed by atoms with Gasteiger partial charge in [-0.1, -0.05) is 23.7 Å². The zero-order valence-electron chi connectivity index (χ0n) is 15.7. The Balaban J connectivity index is 1.43. The minimum Gasteiger partial charge on any atom is -0.489 e. The van der Waals surface area contributed by atoms with Crippen molar-refractivity contribution in [1.82, 2.24) is 4.98 Å². The van der Waals surface area contributed by atoms with Crippen LogP contribution in [-0.4, -0.2) is 22.7 Å². The molecule has 0 amide bonds. The first-order valence-electron chi connectivity index (χ1n) is 9.42. The number of aromatic nitrogens is 1. The van der Waals surface area contributed by atoms with Crippen molar-refractivity contribution in [1.29, 1.82) is 0 Å². The molecule has 0 radical (unpaired) electrons. The summed E-state index contributed by atoms with van der Waals surface area (Å²) in [6, 6.07) is 15.9. The first kappa shape index (κ1) is 19.3. The highest BCUT2D eigenvalue weighted by atomic mass is 35.5. The zero-order chi connectivity index (χ0) is 20.2. The monoisotopic (exact) mass is 409 g/mol. The lowest BCUT2D eigenvalue weighted by Gasteiger charge is -2.11. The molecule has 3 aromatic rings. The first-order valence-corrected chi connectivity index (χ1v) is 9.80. The summed E-state index contributed by atoms with van der Waals surface area (Å²) in [5.74, 6) is 1.02. The summed E-state index contributed by atoms with van der Waals surface area (Å²) in [4.78, 5) is 15.3. The van der Waals surface area contributed by atoms with Gasteiger partial charge in [0.25, 0.3) is 0 Å². The van der Waals surface area contributed by atoms with Crippen LogP contribution in [0.3, 0.4) is 0 Å². The lowest BCUT2D eigenvalue weighted by molar-refractivity contribution is 0.0697. The molecule has 1 aliphatic rings. The molecule has 1 aromatic heterocycles. The minimum absolute atomic E-state index is 0.250. The van der Waals surface area contributed by atoms with Crippen LogP contribution in [0.2, 0.25) is 5.02 Å². The SMILES string of the molecule is O=C(O)c1ccc(COc2ccc(Cl)c(-c3ccc(OCC4CC4)nc3)c2)cc1. The number of pyridine rings is 1. The van der Waals surface area contributed by atoms with E-state index in [4.69, 9.17) is 26.2 Å². The van der Waals surface area contributed by atoms with Gasteiger partial charge in [0.2, 0.25) is 5.88 Å². The van der Waals surface area contributed by atoms with E-state index in [2.05, 4.69) is 4.98 Å². The Bertz CT molecular complexity index is 998. The number of hydrogen-bond donors (Lipinski definition) is 1. The van der Waals surface area contributed by atoms with Crippen molar-refractivity contribution in [2.75, 3.05) is 6.61 Å². The van der Waals surface area contributed by atoms with Crippen molar-refractivity contribution in [2.45, 2.75) is 19.4 Å². The van der Waals surface area contributed by atoms with Crippen molar-refractivity contribution in [3.63, 3.8) is 0 Å². The lowest BCUT2D eigenvalue weighted by atomic mass is 10.1. The average Bonchev–Trinajstić information content (AvgIpc) is 3.57. The first-order chi connectivity index (χ1) is 14.1. The molecule has 29 heavy (non-hydrogen) atoms. The predicted molar refractivity (Wildman–Crippen MR) is 111 cm³/mol. The van der Waals surface area contributed by atoms with Crippen molar-refractivity contribution >= 4 is 17.6 Å². The van der Waals surface area contributed by atoms with Gasteiger partial charge in [-0.15, -0.1) is 0 Å². The lowest BCUT2D eigenvalue weighted by Crippen LogP contribution is -2.00. The van der Waals surface area contributed by atoms with Gasteiger partial charge in [0, 0.05) is 28.4 Å². The van der Waals surface area contributed by atoms with Gasteiger partial charge in [-0.2, -0.15) is 0 Å². The average molecular weight is 410 g/mol. The fourth-order valence-electron chi connectivity index (χ4n) is 2.84. The number of carboxylic acids is 1. The van der Waals surface area contributed by atoms with E-state index in [1.165, 1.54) is 12.8 Å². The van der Waals surface area contributed by atoms with Gasteiger partial charge in [-0.25, -0.2) is 9.78 Å². The highest BCUT2D eigenvalue weighted by Crippen LogP contribution is 2.33. The van der Waals surface area contributed by atoms with Crippen LogP contribution in [0.15, 0.2) is 60.8 Å². The van der Waals surface area contributed by atoms with E-state index in [1.807, 2.05) is 18.2 Å². The molecule has 0 unspecified atom stereocenters. The van der Waals surface area contributed by atoms with E-state index in [9.17, 15) is 4.79 Å². The molecule has 0 saturated heterocycles. The van der Waals surface area contributed by atoms with Crippen LogP contribution in [0.1, 0.15) is 28.8 Å². The summed E-state index contributed by atoms with van der Waals surface area (Å²) in [7, 11) is 0. The number of nitrogens with zero attached hydrogens (tertiary/aromatic N) is 1. The van der Waals surface area contributed by atoms with Crippen molar-refractivity contribution in [3.8, 4) is 22.8 Å². The maximum Gasteiger partial charge on any atom is 0.335 e. The van der Waals surface area contributed by atoms with Gasteiger partial charge < -0.3 is 14.6 Å². The molecular weight excluding hydrogens is 390 g/mol. The van der Waals surface area contributed by atoms with E-state index < -0.39 is 5.97 Å². The van der Waals surface area contributed by atoms with E-state index in [1.54, 1.807) is 42.6 Å². The Hall–Kier alpha value is -3.05. The molecule has 1 saturated carbocycles. The standard InChI is InChI=1S/C23H20ClNO4/c24-21-9-8-19(28-13-16-3-5-17(6-4-16)23(26)27)11-20(21)18-7-10-22(25-12-18)29-14-15-1-2-15/h3-12,15H,1-2,13-14H2,(H,26,27). The summed E-state index contributed by atoms with van der Waals surface area (Å²) < 4.78 is 11.5. The number of halogens is 1. The van der Waals surface area contributed by atoms with Crippen LogP contribution < -0.4 is 9.47 Å². The molecule has 0 spiro atoms. The van der Waals surface area contributed by atoms with Gasteiger partial charge in [-0.3, -0.25) is 0 Å². The molecular formula is C23H20ClNO4. The number of ether oxygens (including phenoxy) is 2. The second-order valence-electron chi connectivity index (χ2n) is 7.07. The number of carboxylic acid groups (broad SMARTS) is 1. The Morgan fingerprint density at radius 2 is 1.86 bits per heavy atom. The summed E-state index contributed by atoms with van der Waals surface area (Å²) >= 11 is 6.38. The van der Waals surface area contributed by atoms with Crippen LogP contribution in [-0.2, 0) is 6.61 Å². The van der Waals surface area contributed by atoms with E-state index >= 15 is 0 Å². The molecule has 1 N–H and O–H groups in total. The molecule has 0 aliphatic heterocycles. The van der Waals surface area contributed by atoms with Crippen molar-refractivity contribution < 1.29 is 19.4 Å². The Morgan fingerprint density at radius 1 is 1.07 bits per heavy atom. The van der Waals surface area contributed by atoms with Crippen molar-refractivity contribution in [3.05, 3.63) is 76.9 Å². The summed E-state index contributed by atoms with van der Waals surface area (Å²) in [5, 5.41) is 9.57. The Morgan fingerprint density at radius 3 is 2.52 bits per heavy atom. The van der Waals surface area contributed by atoms with E-state index in [0.717, 1.165) is 23.3 Å². The number of benzene rings is 2. The second kappa shape index (κ2) is 8.53. The van der Waals surface area contributed by atoms with Crippen LogP contribution in [0.5, 0.6) is 11.6 Å². The normalized spacial score (nSPS) is 13.1. The quantitative estimate of drug-likeness (QED) is 0.534. The predicted octanol–water partition coefficient (Wildman–Crippen LogP) is 5.47. The smallest absolute Gasteiger partial charge is 0.335 e. The number of aromatic carboxylic acids is 1.